The van der Waals surface area contributed by atoms with E-state index in [4.69, 9.17) is 9.72 Å². The second-order valence-corrected chi connectivity index (χ2v) is 11.6. The maximum Gasteiger partial charge on any atom is 0.275 e. The Hall–Kier alpha value is -3.99. The van der Waals surface area contributed by atoms with E-state index in [9.17, 15) is 9.90 Å². The predicted molar refractivity (Wildman–Crippen MR) is 166 cm³/mol. The fourth-order valence-corrected chi connectivity index (χ4v) is 6.62. The molecule has 1 saturated heterocycles. The zero-order chi connectivity index (χ0) is 29.6. The van der Waals surface area contributed by atoms with Crippen molar-refractivity contribution in [3.8, 4) is 16.9 Å². The summed E-state index contributed by atoms with van der Waals surface area (Å²) in [4.78, 5) is 21.0. The lowest BCUT2D eigenvalue weighted by molar-refractivity contribution is -0.0893. The number of nitrogens with zero attached hydrogens (tertiary/aromatic N) is 5. The predicted octanol–water partition coefficient (Wildman–Crippen LogP) is 4.14. The molecule has 2 fully saturated rings. The lowest BCUT2D eigenvalue weighted by Crippen LogP contribution is -2.54. The van der Waals surface area contributed by atoms with Crippen LogP contribution >= 0.6 is 0 Å². The maximum atomic E-state index is 14.3. The minimum absolute atomic E-state index is 0.0194. The summed E-state index contributed by atoms with van der Waals surface area (Å²) in [6.07, 6.45) is 9.63. The molecule has 2 aromatic carbocycles. The molecule has 1 aliphatic carbocycles. The average Bonchev–Trinajstić information content (AvgIpc) is 3.73. The summed E-state index contributed by atoms with van der Waals surface area (Å²) < 4.78 is 9.33. The monoisotopic (exact) mass is 583 g/mol. The summed E-state index contributed by atoms with van der Waals surface area (Å²) in [6.45, 7) is 3.04. The fourth-order valence-electron chi connectivity index (χ4n) is 6.62. The molecule has 0 radical (unpaired) electrons. The molecular formula is C33H41N7O3. The summed E-state index contributed by atoms with van der Waals surface area (Å²) in [7, 11) is 1.63. The highest BCUT2D eigenvalue weighted by Gasteiger charge is 2.42. The third-order valence-electron chi connectivity index (χ3n) is 8.79. The van der Waals surface area contributed by atoms with Crippen LogP contribution in [0.15, 0.2) is 79.4 Å². The molecule has 1 aliphatic heterocycles. The van der Waals surface area contributed by atoms with Crippen molar-refractivity contribution >= 4 is 11.6 Å². The number of methoxy groups -OCH3 is 1. The second kappa shape index (κ2) is 13.1. The molecule has 10 heteroatoms. The van der Waals surface area contributed by atoms with Gasteiger partial charge in [-0.2, -0.15) is 5.10 Å². The van der Waals surface area contributed by atoms with Crippen LogP contribution in [0, 0.1) is 0 Å². The van der Waals surface area contributed by atoms with Crippen LogP contribution in [0.4, 0.5) is 5.69 Å². The number of hydrogen-bond donors (Lipinski definition) is 3. The van der Waals surface area contributed by atoms with Crippen LogP contribution in [0.2, 0.25) is 0 Å². The lowest BCUT2D eigenvalue weighted by atomic mass is 9.80. The van der Waals surface area contributed by atoms with E-state index in [0.717, 1.165) is 67.9 Å². The number of hydrogen-bond acceptors (Lipinski definition) is 7. The van der Waals surface area contributed by atoms with Gasteiger partial charge in [-0.1, -0.05) is 43.2 Å². The van der Waals surface area contributed by atoms with E-state index in [-0.39, 0.29) is 24.6 Å². The van der Waals surface area contributed by atoms with Crippen LogP contribution in [0.3, 0.4) is 0 Å². The van der Waals surface area contributed by atoms with Gasteiger partial charge in [-0.25, -0.2) is 9.67 Å². The quantitative estimate of drug-likeness (QED) is 0.257. The summed E-state index contributed by atoms with van der Waals surface area (Å²) >= 11 is 0. The first-order valence-electron chi connectivity index (χ1n) is 15.3. The summed E-state index contributed by atoms with van der Waals surface area (Å²) in [6, 6.07) is 19.8. The zero-order valence-corrected chi connectivity index (χ0v) is 24.7. The number of carbonyl (C=O) groups excluding carboxylic acids is 1. The SMILES string of the molecule is COC[C@]1(O)CCCC[C@H]1n1cnc(C(=O)N2CCNC[C@H]2CCNc2ccc(-n3cccn3)cc2)c1-c1ccccc1. The number of anilines is 1. The van der Waals surface area contributed by atoms with Crippen LogP contribution in [0.5, 0.6) is 0 Å². The molecule has 6 rings (SSSR count). The van der Waals surface area contributed by atoms with Crippen molar-refractivity contribution in [1.82, 2.24) is 29.5 Å². The van der Waals surface area contributed by atoms with E-state index in [1.165, 1.54) is 0 Å². The highest BCUT2D eigenvalue weighted by atomic mass is 16.5. The topological polar surface area (TPSA) is 109 Å². The molecule has 2 aromatic heterocycles. The fraction of sp³-hybridized carbons (Fsp3) is 0.424. The van der Waals surface area contributed by atoms with Gasteiger partial charge in [-0.15, -0.1) is 0 Å². The van der Waals surface area contributed by atoms with Gasteiger partial charge in [0.05, 0.1) is 30.4 Å². The molecule has 3 atom stereocenters. The first kappa shape index (κ1) is 29.1. The molecule has 43 heavy (non-hydrogen) atoms. The lowest BCUT2D eigenvalue weighted by Gasteiger charge is -2.41. The first-order chi connectivity index (χ1) is 21.1. The van der Waals surface area contributed by atoms with Crippen LogP contribution < -0.4 is 10.6 Å². The Kier molecular flexibility index (Phi) is 8.87. The Morgan fingerprint density at radius 1 is 1.14 bits per heavy atom. The van der Waals surface area contributed by atoms with Crippen molar-refractivity contribution in [1.29, 1.82) is 0 Å². The molecule has 226 valence electrons. The van der Waals surface area contributed by atoms with Gasteiger partial charge in [0.15, 0.2) is 5.69 Å². The van der Waals surface area contributed by atoms with Crippen LogP contribution in [0.1, 0.15) is 48.6 Å². The normalized spacial score (nSPS) is 22.4. The maximum absolute atomic E-state index is 14.3. The van der Waals surface area contributed by atoms with Crippen molar-refractivity contribution < 1.29 is 14.6 Å². The first-order valence-corrected chi connectivity index (χ1v) is 15.3. The molecule has 2 aliphatic rings. The molecule has 1 saturated carbocycles. The van der Waals surface area contributed by atoms with E-state index in [1.54, 1.807) is 19.6 Å². The smallest absolute Gasteiger partial charge is 0.275 e. The Bertz CT molecular complexity index is 1470. The van der Waals surface area contributed by atoms with Gasteiger partial charge in [0.2, 0.25) is 0 Å². The third-order valence-corrected chi connectivity index (χ3v) is 8.79. The van der Waals surface area contributed by atoms with Crippen molar-refractivity contribution in [3.05, 3.63) is 85.1 Å². The van der Waals surface area contributed by atoms with Gasteiger partial charge in [0, 0.05) is 63.0 Å². The van der Waals surface area contributed by atoms with E-state index < -0.39 is 5.60 Å². The molecular weight excluding hydrogens is 542 g/mol. The van der Waals surface area contributed by atoms with Crippen molar-refractivity contribution in [3.63, 3.8) is 0 Å². The highest BCUT2D eigenvalue weighted by molar-refractivity contribution is 5.98. The van der Waals surface area contributed by atoms with E-state index in [1.807, 2.05) is 81.0 Å². The van der Waals surface area contributed by atoms with Crippen molar-refractivity contribution in [2.45, 2.75) is 49.8 Å². The number of piperazine rings is 1. The number of aromatic nitrogens is 4. The minimum atomic E-state index is -1.02. The number of nitrogens with one attached hydrogen (secondary N) is 2. The number of imidazole rings is 1. The van der Waals surface area contributed by atoms with Crippen molar-refractivity contribution in [2.75, 3.05) is 45.2 Å². The third kappa shape index (κ3) is 6.22. The summed E-state index contributed by atoms with van der Waals surface area (Å²) in [5, 5.41) is 22.9. The Balaban J connectivity index is 1.21. The van der Waals surface area contributed by atoms with Gasteiger partial charge < -0.3 is 29.9 Å². The summed E-state index contributed by atoms with van der Waals surface area (Å²) in [5.74, 6) is -0.0706. The van der Waals surface area contributed by atoms with Gasteiger partial charge >= 0.3 is 0 Å². The molecule has 4 aromatic rings. The van der Waals surface area contributed by atoms with Crippen molar-refractivity contribution in [2.24, 2.45) is 0 Å². The van der Waals surface area contributed by atoms with Crippen LogP contribution in [-0.2, 0) is 4.74 Å². The molecule has 3 N–H and O–H groups in total. The van der Waals surface area contributed by atoms with Crippen LogP contribution in [-0.4, -0.2) is 86.8 Å². The number of amides is 1. The Morgan fingerprint density at radius 2 is 1.98 bits per heavy atom. The number of aliphatic hydroxyl groups is 1. The molecule has 0 unspecified atom stereocenters. The highest BCUT2D eigenvalue weighted by Crippen LogP contribution is 2.41. The molecule has 1 amide bonds. The molecule has 3 heterocycles. The summed E-state index contributed by atoms with van der Waals surface area (Å²) in [5.41, 5.74) is 3.13. The zero-order valence-electron chi connectivity index (χ0n) is 24.7. The number of rotatable bonds is 10. The van der Waals surface area contributed by atoms with Gasteiger partial charge in [-0.3, -0.25) is 4.79 Å². The number of benzene rings is 2. The molecule has 10 nitrogen and oxygen atoms in total. The van der Waals surface area contributed by atoms with Crippen LogP contribution in [0.25, 0.3) is 16.9 Å². The van der Waals surface area contributed by atoms with Gasteiger partial charge in [-0.05, 0) is 49.6 Å². The van der Waals surface area contributed by atoms with Gasteiger partial charge in [0.1, 0.15) is 5.60 Å². The number of carbonyl (C=O) groups is 1. The Morgan fingerprint density at radius 3 is 2.74 bits per heavy atom. The standard InChI is InChI=1S/C33H41N7O3/c1-43-23-33(42)16-6-5-10-29(33)39-24-36-30(31(39)25-8-3-2-4-9-25)32(41)38-21-19-34-22-28(38)15-18-35-26-11-13-27(14-12-26)40-20-7-17-37-40/h2-4,7-9,11-14,17,20,24,28-29,34-35,42H,5-6,10,15-16,18-19,21-23H2,1H3/t28-,29-,33-/m1/s1. The van der Waals surface area contributed by atoms with E-state index >= 15 is 0 Å². The molecule has 0 bridgehead atoms. The largest absolute Gasteiger partial charge is 0.385 e. The van der Waals surface area contributed by atoms with Gasteiger partial charge in [0.25, 0.3) is 5.91 Å². The molecule has 0 spiro atoms. The average molecular weight is 584 g/mol. The second-order valence-electron chi connectivity index (χ2n) is 11.6. The minimum Gasteiger partial charge on any atom is -0.385 e. The van der Waals surface area contributed by atoms with E-state index in [0.29, 0.717) is 18.7 Å². The number of ether oxygens (including phenoxy) is 1. The van der Waals surface area contributed by atoms with E-state index in [2.05, 4.69) is 15.7 Å². The Labute approximate surface area is 252 Å².